The Kier molecular flexibility index (Phi) is 3.84. The van der Waals surface area contributed by atoms with Crippen LogP contribution in [0.25, 0.3) is 10.9 Å². The van der Waals surface area contributed by atoms with Crippen LogP contribution in [-0.2, 0) is 13.2 Å². The number of benzene rings is 2. The summed E-state index contributed by atoms with van der Waals surface area (Å²) >= 11 is 0. The molecule has 0 fully saturated rings. The van der Waals surface area contributed by atoms with Gasteiger partial charge in [0.25, 0.3) is 0 Å². The quantitative estimate of drug-likeness (QED) is 0.765. The molecule has 0 aliphatic heterocycles. The SMILES string of the molecule is Cc1cc(NCc2cccc(CO)c2)c2ccccc2n1. The predicted molar refractivity (Wildman–Crippen MR) is 86.2 cm³/mol. The van der Waals surface area contributed by atoms with E-state index in [0.29, 0.717) is 0 Å². The average Bonchev–Trinajstić information content (AvgIpc) is 2.52. The minimum Gasteiger partial charge on any atom is -0.392 e. The van der Waals surface area contributed by atoms with Crippen molar-refractivity contribution in [3.63, 3.8) is 0 Å². The molecule has 0 bridgehead atoms. The number of fused-ring (bicyclic) bond motifs is 1. The number of rotatable bonds is 4. The van der Waals surface area contributed by atoms with Crippen LogP contribution in [0, 0.1) is 6.92 Å². The van der Waals surface area contributed by atoms with Gasteiger partial charge in [-0.25, -0.2) is 0 Å². The fraction of sp³-hybridized carbons (Fsp3) is 0.167. The van der Waals surface area contributed by atoms with Crippen molar-refractivity contribution in [1.29, 1.82) is 0 Å². The lowest BCUT2D eigenvalue weighted by atomic mass is 10.1. The Balaban J connectivity index is 1.87. The van der Waals surface area contributed by atoms with Crippen LogP contribution in [0.2, 0.25) is 0 Å². The van der Waals surface area contributed by atoms with E-state index in [2.05, 4.69) is 28.5 Å². The van der Waals surface area contributed by atoms with Crippen LogP contribution in [-0.4, -0.2) is 10.1 Å². The van der Waals surface area contributed by atoms with Crippen molar-refractivity contribution in [2.45, 2.75) is 20.1 Å². The van der Waals surface area contributed by atoms with Crippen LogP contribution in [0.15, 0.2) is 54.6 Å². The molecule has 0 spiro atoms. The zero-order chi connectivity index (χ0) is 14.7. The van der Waals surface area contributed by atoms with Gasteiger partial charge < -0.3 is 10.4 Å². The Morgan fingerprint density at radius 2 is 1.81 bits per heavy atom. The van der Waals surface area contributed by atoms with Gasteiger partial charge >= 0.3 is 0 Å². The summed E-state index contributed by atoms with van der Waals surface area (Å²) in [5.41, 5.74) is 5.18. The lowest BCUT2D eigenvalue weighted by Gasteiger charge is -2.11. The van der Waals surface area contributed by atoms with E-state index in [4.69, 9.17) is 0 Å². The molecule has 0 radical (unpaired) electrons. The first-order valence-corrected chi connectivity index (χ1v) is 7.05. The smallest absolute Gasteiger partial charge is 0.0725 e. The van der Waals surface area contributed by atoms with E-state index in [1.807, 2.05) is 43.3 Å². The van der Waals surface area contributed by atoms with Gasteiger partial charge in [-0.15, -0.1) is 0 Å². The van der Waals surface area contributed by atoms with Crippen molar-refractivity contribution in [3.8, 4) is 0 Å². The Hall–Kier alpha value is -2.39. The van der Waals surface area contributed by atoms with Crippen molar-refractivity contribution in [2.75, 3.05) is 5.32 Å². The van der Waals surface area contributed by atoms with Gasteiger partial charge in [-0.2, -0.15) is 0 Å². The molecule has 3 rings (SSSR count). The van der Waals surface area contributed by atoms with E-state index >= 15 is 0 Å². The summed E-state index contributed by atoms with van der Waals surface area (Å²) in [5.74, 6) is 0. The summed E-state index contributed by atoms with van der Waals surface area (Å²) in [6.45, 7) is 2.80. The molecule has 3 nitrogen and oxygen atoms in total. The van der Waals surface area contributed by atoms with E-state index < -0.39 is 0 Å². The lowest BCUT2D eigenvalue weighted by Crippen LogP contribution is -2.02. The predicted octanol–water partition coefficient (Wildman–Crippen LogP) is 3.65. The number of aryl methyl sites for hydroxylation is 1. The van der Waals surface area contributed by atoms with E-state index in [1.54, 1.807) is 0 Å². The largest absolute Gasteiger partial charge is 0.392 e. The maximum Gasteiger partial charge on any atom is 0.0725 e. The second kappa shape index (κ2) is 5.94. The molecule has 0 atom stereocenters. The van der Waals surface area contributed by atoms with Crippen LogP contribution in [0.5, 0.6) is 0 Å². The number of aliphatic hydroxyl groups excluding tert-OH is 1. The third kappa shape index (κ3) is 3.03. The summed E-state index contributed by atoms with van der Waals surface area (Å²) in [7, 11) is 0. The molecule has 21 heavy (non-hydrogen) atoms. The lowest BCUT2D eigenvalue weighted by molar-refractivity contribution is 0.281. The van der Waals surface area contributed by atoms with E-state index in [1.165, 1.54) is 0 Å². The van der Waals surface area contributed by atoms with E-state index in [9.17, 15) is 5.11 Å². The first-order chi connectivity index (χ1) is 10.3. The molecular weight excluding hydrogens is 260 g/mol. The van der Waals surface area contributed by atoms with E-state index in [0.717, 1.165) is 40.0 Å². The summed E-state index contributed by atoms with van der Waals surface area (Å²) < 4.78 is 0. The Labute approximate surface area is 124 Å². The first kappa shape index (κ1) is 13.6. The molecule has 0 unspecified atom stereocenters. The molecule has 2 aromatic carbocycles. The van der Waals surface area contributed by atoms with Gasteiger partial charge in [0, 0.05) is 23.3 Å². The minimum atomic E-state index is 0.0745. The fourth-order valence-corrected chi connectivity index (χ4v) is 2.49. The molecule has 1 aromatic heterocycles. The highest BCUT2D eigenvalue weighted by molar-refractivity contribution is 5.91. The number of hydrogen-bond donors (Lipinski definition) is 2. The zero-order valence-corrected chi connectivity index (χ0v) is 12.0. The number of anilines is 1. The number of nitrogens with zero attached hydrogens (tertiary/aromatic N) is 1. The summed E-state index contributed by atoms with van der Waals surface area (Å²) in [4.78, 5) is 4.55. The van der Waals surface area contributed by atoms with Gasteiger partial charge in [-0.05, 0) is 30.2 Å². The van der Waals surface area contributed by atoms with Crippen LogP contribution in [0.1, 0.15) is 16.8 Å². The summed E-state index contributed by atoms with van der Waals surface area (Å²) in [5, 5.41) is 13.8. The van der Waals surface area contributed by atoms with Crippen molar-refractivity contribution in [3.05, 3.63) is 71.4 Å². The molecule has 106 valence electrons. The minimum absolute atomic E-state index is 0.0745. The standard InChI is InChI=1S/C18H18N2O/c1-13-9-18(16-7-2-3-8-17(16)20-13)19-11-14-5-4-6-15(10-14)12-21/h2-10,21H,11-12H2,1H3,(H,19,20). The molecule has 3 heteroatoms. The Morgan fingerprint density at radius 3 is 2.67 bits per heavy atom. The summed E-state index contributed by atoms with van der Waals surface area (Å²) in [6, 6.07) is 18.2. The average molecular weight is 278 g/mol. The highest BCUT2D eigenvalue weighted by Crippen LogP contribution is 2.23. The number of aliphatic hydroxyl groups is 1. The monoisotopic (exact) mass is 278 g/mol. The first-order valence-electron chi connectivity index (χ1n) is 7.05. The van der Waals surface area contributed by atoms with E-state index in [-0.39, 0.29) is 6.61 Å². The maximum absolute atomic E-state index is 9.20. The molecule has 0 aliphatic carbocycles. The molecule has 1 heterocycles. The molecular formula is C18H18N2O. The van der Waals surface area contributed by atoms with Crippen LogP contribution in [0.4, 0.5) is 5.69 Å². The number of nitrogens with one attached hydrogen (secondary N) is 1. The summed E-state index contributed by atoms with van der Waals surface area (Å²) in [6.07, 6.45) is 0. The fourth-order valence-electron chi connectivity index (χ4n) is 2.49. The normalized spacial score (nSPS) is 10.8. The molecule has 3 aromatic rings. The molecule has 0 saturated heterocycles. The molecule has 0 amide bonds. The third-order valence-corrected chi connectivity index (χ3v) is 3.50. The topological polar surface area (TPSA) is 45.1 Å². The van der Waals surface area contributed by atoms with Gasteiger partial charge in [0.2, 0.25) is 0 Å². The van der Waals surface area contributed by atoms with Gasteiger partial charge in [-0.3, -0.25) is 4.98 Å². The highest BCUT2D eigenvalue weighted by atomic mass is 16.3. The number of pyridine rings is 1. The highest BCUT2D eigenvalue weighted by Gasteiger charge is 2.03. The Bertz CT molecular complexity index is 768. The van der Waals surface area contributed by atoms with Gasteiger partial charge in [0.1, 0.15) is 0 Å². The molecule has 0 saturated carbocycles. The second-order valence-electron chi connectivity index (χ2n) is 5.16. The second-order valence-corrected chi connectivity index (χ2v) is 5.16. The van der Waals surface area contributed by atoms with Crippen LogP contribution >= 0.6 is 0 Å². The number of para-hydroxylation sites is 1. The molecule has 0 aliphatic rings. The third-order valence-electron chi connectivity index (χ3n) is 3.50. The molecule has 2 N–H and O–H groups in total. The van der Waals surface area contributed by atoms with Gasteiger partial charge in [-0.1, -0.05) is 42.5 Å². The van der Waals surface area contributed by atoms with Crippen molar-refractivity contribution < 1.29 is 5.11 Å². The number of aromatic nitrogens is 1. The van der Waals surface area contributed by atoms with Crippen LogP contribution < -0.4 is 5.32 Å². The Morgan fingerprint density at radius 1 is 1.00 bits per heavy atom. The van der Waals surface area contributed by atoms with Crippen molar-refractivity contribution >= 4 is 16.6 Å². The van der Waals surface area contributed by atoms with Crippen molar-refractivity contribution in [2.24, 2.45) is 0 Å². The zero-order valence-electron chi connectivity index (χ0n) is 12.0. The number of hydrogen-bond acceptors (Lipinski definition) is 3. The van der Waals surface area contributed by atoms with Crippen LogP contribution in [0.3, 0.4) is 0 Å². The van der Waals surface area contributed by atoms with Gasteiger partial charge in [0.05, 0.1) is 12.1 Å². The van der Waals surface area contributed by atoms with Crippen molar-refractivity contribution in [1.82, 2.24) is 4.98 Å². The van der Waals surface area contributed by atoms with Gasteiger partial charge in [0.15, 0.2) is 0 Å². The maximum atomic E-state index is 9.20.